The zero-order valence-electron chi connectivity index (χ0n) is 15.4. The van der Waals surface area contributed by atoms with Crippen LogP contribution in [-0.2, 0) is 26.2 Å². The molecule has 1 heterocycles. The molecule has 0 aromatic heterocycles. The molecule has 5 rings (SSSR count). The van der Waals surface area contributed by atoms with Crippen molar-refractivity contribution < 1.29 is 56.1 Å². The number of hydrogen-bond acceptors (Lipinski definition) is 1. The molecule has 1 nitrogen and oxygen atoms in total. The maximum atomic E-state index is 9.20. The molecule has 0 amide bonds. The Hall–Kier alpha value is -0.570. The van der Waals surface area contributed by atoms with Gasteiger partial charge in [0.25, 0.3) is 0 Å². The van der Waals surface area contributed by atoms with Crippen LogP contribution in [0.1, 0.15) is 18.4 Å². The van der Waals surface area contributed by atoms with Crippen LogP contribution in [0.5, 0.6) is 0 Å². The van der Waals surface area contributed by atoms with Crippen molar-refractivity contribution in [2.24, 2.45) is 0 Å². The van der Waals surface area contributed by atoms with Crippen molar-refractivity contribution in [2.45, 2.75) is 25.9 Å². The average Bonchev–Trinajstić information content (AvgIpc) is 2.95. The van der Waals surface area contributed by atoms with Crippen molar-refractivity contribution >= 4 is 45.6 Å². The number of halogens is 2. The summed E-state index contributed by atoms with van der Waals surface area (Å²) in [6.45, 7) is 5.20. The standard InChI is InChI=1S/C22H21OSi.2ClH.Zr/c1-24(2)21-18(16-8-7-14(11-16)9-10-23)13-19-17-6-4-3-5-15(17)12-20(19)22(21)24;;;/h3-7,11-13,23H,8-10H2,1-2H3;2*1H;/q-1;;;+3/p-2. The third kappa shape index (κ3) is 3.36. The van der Waals surface area contributed by atoms with Crippen molar-refractivity contribution in [3.63, 3.8) is 0 Å². The summed E-state index contributed by atoms with van der Waals surface area (Å²) in [6, 6.07) is 13.6. The Balaban J connectivity index is 0.000000871. The molecule has 3 aromatic rings. The second-order valence-corrected chi connectivity index (χ2v) is 11.9. The summed E-state index contributed by atoms with van der Waals surface area (Å²) >= 11 is 0. The van der Waals surface area contributed by atoms with Gasteiger partial charge in [-0.1, -0.05) is 54.7 Å². The zero-order chi connectivity index (χ0) is 16.5. The summed E-state index contributed by atoms with van der Waals surface area (Å²) in [7, 11) is -1.39. The first kappa shape index (κ1) is 22.7. The number of rotatable bonds is 3. The zero-order valence-corrected chi connectivity index (χ0v) is 20.4. The molecule has 0 saturated heterocycles. The van der Waals surface area contributed by atoms with E-state index >= 15 is 0 Å². The molecule has 1 aliphatic heterocycles. The quantitative estimate of drug-likeness (QED) is 0.331. The van der Waals surface area contributed by atoms with Gasteiger partial charge in [-0.25, -0.2) is 0 Å². The topological polar surface area (TPSA) is 20.2 Å². The van der Waals surface area contributed by atoms with Crippen molar-refractivity contribution in [3.8, 4) is 0 Å². The third-order valence-electron chi connectivity index (χ3n) is 5.80. The fraction of sp³-hybridized carbons (Fsp3) is 0.227. The van der Waals surface area contributed by atoms with Crippen LogP contribution in [-0.4, -0.2) is 19.8 Å². The monoisotopic (exact) mass is 489 g/mol. The van der Waals surface area contributed by atoms with Crippen LogP contribution in [0.2, 0.25) is 13.1 Å². The fourth-order valence-electron chi connectivity index (χ4n) is 4.56. The Morgan fingerprint density at radius 2 is 1.81 bits per heavy atom. The Labute approximate surface area is 192 Å². The minimum Gasteiger partial charge on any atom is -1.00 e. The van der Waals surface area contributed by atoms with E-state index in [-0.39, 0.29) is 57.6 Å². The van der Waals surface area contributed by atoms with Gasteiger partial charge < -0.3 is 29.9 Å². The number of benzene rings is 2. The SMILES string of the molecule is C[Si]1(C)c2c(C3=CC(CCO)=CC3)cc3c([cH-]c4ccccc43)c21.[Cl-].[Cl-].[Zr+3]. The molecular formula is C22H21Cl2OSiZr. The van der Waals surface area contributed by atoms with Crippen molar-refractivity contribution in [2.75, 3.05) is 6.61 Å². The van der Waals surface area contributed by atoms with Crippen molar-refractivity contribution in [3.05, 3.63) is 59.7 Å². The molecule has 1 radical (unpaired) electrons. The van der Waals surface area contributed by atoms with Gasteiger partial charge in [-0.05, 0) is 29.6 Å². The first-order valence-corrected chi connectivity index (χ1v) is 11.8. The Morgan fingerprint density at radius 3 is 2.56 bits per heavy atom. The molecule has 1 aliphatic carbocycles. The first-order chi connectivity index (χ1) is 11.6. The van der Waals surface area contributed by atoms with E-state index < -0.39 is 8.07 Å². The summed E-state index contributed by atoms with van der Waals surface area (Å²) in [5.41, 5.74) is 4.21. The Kier molecular flexibility index (Phi) is 6.77. The minimum atomic E-state index is -1.39. The van der Waals surface area contributed by atoms with Gasteiger partial charge in [0.05, 0.1) is 8.07 Å². The largest absolute Gasteiger partial charge is 3.00 e. The van der Waals surface area contributed by atoms with Gasteiger partial charge in [0.15, 0.2) is 0 Å². The first-order valence-electron chi connectivity index (χ1n) is 8.78. The summed E-state index contributed by atoms with van der Waals surface area (Å²) in [5.74, 6) is 0. The van der Waals surface area contributed by atoms with Gasteiger partial charge in [0, 0.05) is 6.61 Å². The summed E-state index contributed by atoms with van der Waals surface area (Å²) < 4.78 is 0. The number of aliphatic hydroxyl groups excluding tert-OH is 1. The van der Waals surface area contributed by atoms with Gasteiger partial charge >= 0.3 is 26.2 Å². The molecule has 2 aliphatic rings. The number of hydrogen-bond donors (Lipinski definition) is 1. The van der Waals surface area contributed by atoms with Crippen molar-refractivity contribution in [1.82, 2.24) is 0 Å². The van der Waals surface area contributed by atoms with E-state index in [1.165, 1.54) is 38.3 Å². The summed E-state index contributed by atoms with van der Waals surface area (Å²) in [5, 5.41) is 18.2. The van der Waals surface area contributed by atoms with Gasteiger partial charge in [-0.15, -0.1) is 38.9 Å². The number of fused-ring (bicyclic) bond motifs is 5. The summed E-state index contributed by atoms with van der Waals surface area (Å²) in [6.07, 6.45) is 6.37. The van der Waals surface area contributed by atoms with Crippen LogP contribution in [0, 0.1) is 0 Å². The molecule has 5 heteroatoms. The van der Waals surface area contributed by atoms with E-state index in [2.05, 4.69) is 61.6 Å². The molecule has 0 unspecified atom stereocenters. The number of aliphatic hydroxyl groups is 1. The molecule has 0 saturated carbocycles. The van der Waals surface area contributed by atoms with Gasteiger partial charge in [0.2, 0.25) is 0 Å². The second-order valence-electron chi connectivity index (χ2n) is 7.62. The fourth-order valence-corrected chi connectivity index (χ4v) is 8.31. The van der Waals surface area contributed by atoms with E-state index in [0.717, 1.165) is 12.8 Å². The molecule has 27 heavy (non-hydrogen) atoms. The van der Waals surface area contributed by atoms with Gasteiger partial charge in [-0.3, -0.25) is 0 Å². The molecule has 1 N–H and O–H groups in total. The second kappa shape index (κ2) is 8.05. The minimum absolute atomic E-state index is 0. The van der Waals surface area contributed by atoms with Gasteiger partial charge in [0.1, 0.15) is 0 Å². The molecule has 0 bridgehead atoms. The normalized spacial score (nSPS) is 16.0. The Morgan fingerprint density at radius 1 is 1.07 bits per heavy atom. The summed E-state index contributed by atoms with van der Waals surface area (Å²) in [4.78, 5) is 0. The predicted octanol–water partition coefficient (Wildman–Crippen LogP) is -2.05. The van der Waals surface area contributed by atoms with Crippen LogP contribution in [0.15, 0.2) is 54.1 Å². The Bertz CT molecular complexity index is 1080. The maximum Gasteiger partial charge on any atom is 3.00 e. The average molecular weight is 492 g/mol. The van der Waals surface area contributed by atoms with Crippen LogP contribution in [0.3, 0.4) is 0 Å². The molecule has 0 fully saturated rings. The molecular weight excluding hydrogens is 470 g/mol. The van der Waals surface area contributed by atoms with Crippen LogP contribution in [0.25, 0.3) is 27.1 Å². The van der Waals surface area contributed by atoms with Crippen molar-refractivity contribution in [1.29, 1.82) is 0 Å². The van der Waals surface area contributed by atoms with E-state index in [1.54, 1.807) is 10.4 Å². The van der Waals surface area contributed by atoms with Crippen LogP contribution < -0.4 is 35.2 Å². The predicted molar refractivity (Wildman–Crippen MR) is 106 cm³/mol. The van der Waals surface area contributed by atoms with E-state index in [9.17, 15) is 5.11 Å². The molecule has 0 spiro atoms. The molecule has 0 atom stereocenters. The van der Waals surface area contributed by atoms with E-state index in [0.29, 0.717) is 0 Å². The third-order valence-corrected chi connectivity index (χ3v) is 9.08. The molecule has 3 aromatic carbocycles. The van der Waals surface area contributed by atoms with E-state index in [1.807, 2.05) is 0 Å². The van der Waals surface area contributed by atoms with E-state index in [4.69, 9.17) is 0 Å². The van der Waals surface area contributed by atoms with Crippen LogP contribution in [0.4, 0.5) is 0 Å². The smallest absolute Gasteiger partial charge is 1.00 e. The maximum absolute atomic E-state index is 9.20. The molecule has 137 valence electrons. The van der Waals surface area contributed by atoms with Crippen LogP contribution >= 0.6 is 0 Å². The number of allylic oxidation sites excluding steroid dienone is 3. The van der Waals surface area contributed by atoms with Gasteiger partial charge in [-0.2, -0.15) is 0 Å².